The van der Waals surface area contributed by atoms with E-state index >= 15 is 0 Å². The van der Waals surface area contributed by atoms with Crippen molar-refractivity contribution in [2.24, 2.45) is 5.92 Å². The third-order valence-corrected chi connectivity index (χ3v) is 6.74. The molecule has 3 aromatic rings. The van der Waals surface area contributed by atoms with Crippen molar-refractivity contribution in [2.75, 3.05) is 11.1 Å². The molecule has 162 valence electrons. The molecule has 0 spiro atoms. The average molecular weight is 437 g/mol. The van der Waals surface area contributed by atoms with Crippen LogP contribution in [0.25, 0.3) is 0 Å². The lowest BCUT2D eigenvalue weighted by atomic mass is 10.1. The van der Waals surface area contributed by atoms with Crippen LogP contribution in [-0.2, 0) is 16.3 Å². The molecule has 0 saturated heterocycles. The molecule has 0 atom stereocenters. The van der Waals surface area contributed by atoms with E-state index in [0.717, 1.165) is 17.7 Å². The Morgan fingerprint density at radius 1 is 0.968 bits per heavy atom. The Bertz CT molecular complexity index is 1110. The van der Waals surface area contributed by atoms with E-state index in [2.05, 4.69) is 24.1 Å². The highest BCUT2D eigenvalue weighted by Crippen LogP contribution is 2.22. The number of rotatable bonds is 10. The zero-order valence-corrected chi connectivity index (χ0v) is 18.7. The number of nitrogens with one attached hydrogen (secondary N) is 1. The minimum absolute atomic E-state index is 0.0308. The topological polar surface area (TPSA) is 76.1 Å². The molecular formula is C25H28N2O3S. The SMILES string of the molecule is CC(C)CCCS(=O)(=O)c1cccc(Nc2ccc(CC(=O)c3ccccn3)cc2)c1. The molecule has 1 heterocycles. The zero-order chi connectivity index (χ0) is 22.3. The van der Waals surface area contributed by atoms with Crippen molar-refractivity contribution in [1.82, 2.24) is 4.98 Å². The summed E-state index contributed by atoms with van der Waals surface area (Å²) in [5.41, 5.74) is 2.88. The van der Waals surface area contributed by atoms with Crippen LogP contribution >= 0.6 is 0 Å². The highest BCUT2D eigenvalue weighted by molar-refractivity contribution is 7.91. The summed E-state index contributed by atoms with van der Waals surface area (Å²) < 4.78 is 25.2. The van der Waals surface area contributed by atoms with Gasteiger partial charge < -0.3 is 5.32 Å². The van der Waals surface area contributed by atoms with E-state index in [0.29, 0.717) is 28.6 Å². The Labute approximate surface area is 184 Å². The Kier molecular flexibility index (Phi) is 7.58. The molecule has 0 fully saturated rings. The van der Waals surface area contributed by atoms with E-state index in [-0.39, 0.29) is 18.0 Å². The van der Waals surface area contributed by atoms with Crippen molar-refractivity contribution < 1.29 is 13.2 Å². The van der Waals surface area contributed by atoms with Crippen LogP contribution in [0.2, 0.25) is 0 Å². The number of pyridine rings is 1. The number of anilines is 2. The minimum atomic E-state index is -3.30. The number of aromatic nitrogens is 1. The Hall–Kier alpha value is -2.99. The van der Waals surface area contributed by atoms with Gasteiger partial charge in [0.05, 0.1) is 10.6 Å². The minimum Gasteiger partial charge on any atom is -0.355 e. The second-order valence-corrected chi connectivity index (χ2v) is 10.1. The summed E-state index contributed by atoms with van der Waals surface area (Å²) in [4.78, 5) is 16.7. The Morgan fingerprint density at radius 3 is 2.42 bits per heavy atom. The molecule has 3 rings (SSSR count). The summed E-state index contributed by atoms with van der Waals surface area (Å²) in [6.45, 7) is 4.19. The van der Waals surface area contributed by atoms with Crippen molar-refractivity contribution in [3.8, 4) is 0 Å². The quantitative estimate of drug-likeness (QED) is 0.427. The lowest BCUT2D eigenvalue weighted by Gasteiger charge is -2.10. The number of benzene rings is 2. The highest BCUT2D eigenvalue weighted by Gasteiger charge is 2.15. The van der Waals surface area contributed by atoms with Crippen LogP contribution in [0.4, 0.5) is 11.4 Å². The highest BCUT2D eigenvalue weighted by atomic mass is 32.2. The summed E-state index contributed by atoms with van der Waals surface area (Å²) in [5.74, 6) is 0.621. The molecule has 0 unspecified atom stereocenters. The van der Waals surface area contributed by atoms with Crippen LogP contribution in [0, 0.1) is 5.92 Å². The molecule has 0 amide bonds. The molecule has 0 aliphatic carbocycles. The summed E-state index contributed by atoms with van der Waals surface area (Å²) in [6.07, 6.45) is 3.45. The average Bonchev–Trinajstić information content (AvgIpc) is 2.75. The van der Waals surface area contributed by atoms with Crippen LogP contribution in [0.1, 0.15) is 42.7 Å². The molecule has 6 heteroatoms. The third kappa shape index (κ3) is 6.76. The first-order valence-corrected chi connectivity index (χ1v) is 12.1. The van der Waals surface area contributed by atoms with Gasteiger partial charge in [0.25, 0.3) is 0 Å². The Morgan fingerprint density at radius 2 is 1.74 bits per heavy atom. The van der Waals surface area contributed by atoms with Crippen molar-refractivity contribution in [1.29, 1.82) is 0 Å². The number of sulfone groups is 1. The second kappa shape index (κ2) is 10.4. The van der Waals surface area contributed by atoms with E-state index in [1.807, 2.05) is 30.3 Å². The van der Waals surface area contributed by atoms with Crippen LogP contribution in [-0.4, -0.2) is 24.9 Å². The largest absolute Gasteiger partial charge is 0.355 e. The Balaban J connectivity index is 1.64. The van der Waals surface area contributed by atoms with Gasteiger partial charge in [0, 0.05) is 24.0 Å². The number of ketones is 1. The van der Waals surface area contributed by atoms with E-state index in [1.165, 1.54) is 0 Å². The van der Waals surface area contributed by atoms with E-state index in [1.54, 1.807) is 42.6 Å². The zero-order valence-electron chi connectivity index (χ0n) is 17.9. The molecule has 0 bridgehead atoms. The second-order valence-electron chi connectivity index (χ2n) is 8.02. The lowest BCUT2D eigenvalue weighted by molar-refractivity contribution is 0.0988. The van der Waals surface area contributed by atoms with Crippen LogP contribution in [0.5, 0.6) is 0 Å². The molecule has 31 heavy (non-hydrogen) atoms. The lowest BCUT2D eigenvalue weighted by Crippen LogP contribution is -2.08. The van der Waals surface area contributed by atoms with Crippen molar-refractivity contribution in [2.45, 2.75) is 38.0 Å². The smallest absolute Gasteiger partial charge is 0.185 e. The van der Waals surface area contributed by atoms with Gasteiger partial charge in [-0.3, -0.25) is 9.78 Å². The van der Waals surface area contributed by atoms with Gasteiger partial charge in [-0.2, -0.15) is 0 Å². The fraction of sp³-hybridized carbons (Fsp3) is 0.280. The van der Waals surface area contributed by atoms with Crippen LogP contribution < -0.4 is 5.32 Å². The predicted molar refractivity (Wildman–Crippen MR) is 125 cm³/mol. The van der Waals surface area contributed by atoms with Gasteiger partial charge in [-0.15, -0.1) is 0 Å². The van der Waals surface area contributed by atoms with E-state index in [4.69, 9.17) is 0 Å². The monoisotopic (exact) mass is 436 g/mol. The standard InChI is InChI=1S/C25H28N2O3S/c1-19(2)7-6-16-31(29,30)23-9-5-8-22(18-23)27-21-13-11-20(12-14-21)17-25(28)24-10-3-4-15-26-24/h3-5,8-15,18-19,27H,6-7,16-17H2,1-2H3. The van der Waals surface area contributed by atoms with Crippen molar-refractivity contribution in [3.63, 3.8) is 0 Å². The number of Topliss-reactive ketones (excluding diaryl/α,β-unsaturated/α-hetero) is 1. The summed E-state index contributed by atoms with van der Waals surface area (Å²) in [5, 5.41) is 3.24. The van der Waals surface area contributed by atoms with Gasteiger partial charge in [0.1, 0.15) is 5.69 Å². The third-order valence-electron chi connectivity index (χ3n) is 4.95. The molecule has 5 nitrogen and oxygen atoms in total. The van der Waals surface area contributed by atoms with Gasteiger partial charge in [-0.05, 0) is 66.8 Å². The van der Waals surface area contributed by atoms with Crippen LogP contribution in [0.15, 0.2) is 77.8 Å². The maximum absolute atomic E-state index is 12.6. The summed E-state index contributed by atoms with van der Waals surface area (Å²) in [7, 11) is -3.30. The van der Waals surface area contributed by atoms with E-state index in [9.17, 15) is 13.2 Å². The molecule has 0 aliphatic rings. The van der Waals surface area contributed by atoms with Gasteiger partial charge in [0.15, 0.2) is 15.6 Å². The number of carbonyl (C=O) groups excluding carboxylic acids is 1. The normalized spacial score (nSPS) is 11.5. The van der Waals surface area contributed by atoms with Gasteiger partial charge in [-0.1, -0.05) is 38.1 Å². The number of hydrogen-bond donors (Lipinski definition) is 1. The molecule has 1 N–H and O–H groups in total. The molecule has 1 aromatic heterocycles. The van der Waals surface area contributed by atoms with Crippen molar-refractivity contribution >= 4 is 27.0 Å². The molecule has 0 saturated carbocycles. The van der Waals surface area contributed by atoms with Gasteiger partial charge in [-0.25, -0.2) is 8.42 Å². The number of nitrogens with zero attached hydrogens (tertiary/aromatic N) is 1. The first-order chi connectivity index (χ1) is 14.8. The van der Waals surface area contributed by atoms with Gasteiger partial charge in [0.2, 0.25) is 0 Å². The van der Waals surface area contributed by atoms with Gasteiger partial charge >= 0.3 is 0 Å². The molecule has 0 radical (unpaired) electrons. The first-order valence-electron chi connectivity index (χ1n) is 10.5. The fourth-order valence-electron chi connectivity index (χ4n) is 3.24. The maximum Gasteiger partial charge on any atom is 0.185 e. The number of hydrogen-bond acceptors (Lipinski definition) is 5. The maximum atomic E-state index is 12.6. The van der Waals surface area contributed by atoms with Crippen LogP contribution in [0.3, 0.4) is 0 Å². The molecule has 2 aromatic carbocycles. The summed E-state index contributed by atoms with van der Waals surface area (Å²) >= 11 is 0. The summed E-state index contributed by atoms with van der Waals surface area (Å²) in [6, 6.07) is 19.7. The molecule has 0 aliphatic heterocycles. The van der Waals surface area contributed by atoms with E-state index < -0.39 is 9.84 Å². The number of carbonyl (C=O) groups is 1. The fourth-order valence-corrected chi connectivity index (χ4v) is 4.62. The molecular weight excluding hydrogens is 408 g/mol. The van der Waals surface area contributed by atoms with Crippen molar-refractivity contribution in [3.05, 3.63) is 84.2 Å². The predicted octanol–water partition coefficient (Wildman–Crippen LogP) is 5.46. The first kappa shape index (κ1) is 22.7.